The van der Waals surface area contributed by atoms with Gasteiger partial charge in [0.1, 0.15) is 6.42 Å². The van der Waals surface area contributed by atoms with Gasteiger partial charge in [0.25, 0.3) is 0 Å². The van der Waals surface area contributed by atoms with E-state index in [4.69, 9.17) is 5.26 Å². The Hall–Kier alpha value is -1.75. The van der Waals surface area contributed by atoms with Crippen molar-refractivity contribution < 1.29 is 22.7 Å². The Morgan fingerprint density at radius 1 is 1.50 bits per heavy atom. The first-order valence-electron chi connectivity index (χ1n) is 4.54. The fourth-order valence-electron chi connectivity index (χ4n) is 1.07. The van der Waals surface area contributed by atoms with Gasteiger partial charge in [-0.25, -0.2) is 0 Å². The monoisotopic (exact) mass is 322 g/mol. The second-order valence-electron chi connectivity index (χ2n) is 3.07. The van der Waals surface area contributed by atoms with Crippen molar-refractivity contribution >= 4 is 27.5 Å². The van der Waals surface area contributed by atoms with Crippen molar-refractivity contribution in [2.45, 2.75) is 12.8 Å². The predicted octanol–water partition coefficient (Wildman–Crippen LogP) is 3.20. The van der Waals surface area contributed by atoms with Crippen LogP contribution in [0.1, 0.15) is 6.42 Å². The molecule has 0 bridgehead atoms. The number of nitrogens with zero attached hydrogens (tertiary/aromatic N) is 1. The molecule has 8 heteroatoms. The topological polar surface area (TPSA) is 62.1 Å². The minimum Gasteiger partial charge on any atom is -0.404 e. The van der Waals surface area contributed by atoms with Crippen LogP contribution in [-0.2, 0) is 4.79 Å². The van der Waals surface area contributed by atoms with E-state index in [-0.39, 0.29) is 5.69 Å². The first-order valence-corrected chi connectivity index (χ1v) is 5.33. The number of carbonyl (C=O) groups is 1. The van der Waals surface area contributed by atoms with Crippen LogP contribution in [0, 0.1) is 11.3 Å². The molecule has 0 radical (unpaired) electrons. The fraction of sp³-hybridized carbons (Fsp3) is 0.200. The molecular weight excluding hydrogens is 317 g/mol. The van der Waals surface area contributed by atoms with Crippen molar-refractivity contribution in [2.24, 2.45) is 0 Å². The lowest BCUT2D eigenvalue weighted by Gasteiger charge is -2.13. The molecule has 4 nitrogen and oxygen atoms in total. The van der Waals surface area contributed by atoms with Crippen LogP contribution in [-0.4, -0.2) is 12.3 Å². The van der Waals surface area contributed by atoms with Crippen LogP contribution in [0.3, 0.4) is 0 Å². The van der Waals surface area contributed by atoms with Gasteiger partial charge in [-0.1, -0.05) is 15.9 Å². The number of hydrogen-bond acceptors (Lipinski definition) is 3. The number of halogens is 4. The van der Waals surface area contributed by atoms with E-state index >= 15 is 0 Å². The highest BCUT2D eigenvalue weighted by Crippen LogP contribution is 2.32. The number of carbonyl (C=O) groups excluding carboxylic acids is 1. The molecule has 0 aliphatic carbocycles. The van der Waals surface area contributed by atoms with Gasteiger partial charge in [0.2, 0.25) is 5.91 Å². The fourth-order valence-corrected chi connectivity index (χ4v) is 1.41. The van der Waals surface area contributed by atoms with Gasteiger partial charge in [-0.15, -0.1) is 13.2 Å². The maximum absolute atomic E-state index is 12.1. The lowest BCUT2D eigenvalue weighted by atomic mass is 10.3. The van der Waals surface area contributed by atoms with E-state index in [2.05, 4.69) is 26.0 Å². The minimum absolute atomic E-state index is 0.157. The Bertz CT molecular complexity index is 497. The van der Waals surface area contributed by atoms with E-state index in [0.29, 0.717) is 4.47 Å². The average molecular weight is 323 g/mol. The summed E-state index contributed by atoms with van der Waals surface area (Å²) in [4.78, 5) is 11.1. The van der Waals surface area contributed by atoms with Crippen molar-refractivity contribution in [3.05, 3.63) is 22.7 Å². The van der Waals surface area contributed by atoms with Crippen LogP contribution < -0.4 is 10.1 Å². The van der Waals surface area contributed by atoms with Crippen LogP contribution in [0.25, 0.3) is 0 Å². The Labute approximate surface area is 108 Å². The number of alkyl halides is 3. The summed E-state index contributed by atoms with van der Waals surface area (Å²) in [6.45, 7) is 0. The molecule has 0 saturated carbocycles. The Kier molecular flexibility index (Phi) is 4.55. The van der Waals surface area contributed by atoms with E-state index in [1.807, 2.05) is 0 Å². The van der Waals surface area contributed by atoms with Crippen molar-refractivity contribution in [3.8, 4) is 11.8 Å². The van der Waals surface area contributed by atoms with Crippen molar-refractivity contribution in [3.63, 3.8) is 0 Å². The van der Waals surface area contributed by atoms with Gasteiger partial charge in [0.15, 0.2) is 5.75 Å². The summed E-state index contributed by atoms with van der Waals surface area (Å²) in [5, 5.41) is 10.4. The predicted molar refractivity (Wildman–Crippen MR) is 59.7 cm³/mol. The highest BCUT2D eigenvalue weighted by atomic mass is 79.9. The molecule has 0 aliphatic heterocycles. The number of nitrogens with one attached hydrogen (secondary N) is 1. The molecule has 18 heavy (non-hydrogen) atoms. The van der Waals surface area contributed by atoms with Gasteiger partial charge in [0, 0.05) is 4.47 Å². The van der Waals surface area contributed by atoms with Crippen LogP contribution >= 0.6 is 15.9 Å². The molecule has 0 atom stereocenters. The standard InChI is InChI=1S/C10H6BrF3N2O2/c11-6-1-2-7(16-9(17)3-4-15)8(5-6)18-10(12,13)14/h1-2,5H,3H2,(H,16,17). The third kappa shape index (κ3) is 4.63. The van der Waals surface area contributed by atoms with Gasteiger partial charge in [-0.05, 0) is 18.2 Å². The van der Waals surface area contributed by atoms with Crippen LogP contribution in [0.2, 0.25) is 0 Å². The molecule has 0 spiro atoms. The highest BCUT2D eigenvalue weighted by molar-refractivity contribution is 9.10. The zero-order valence-corrected chi connectivity index (χ0v) is 10.3. The number of rotatable bonds is 3. The molecule has 0 aliphatic rings. The molecule has 0 fully saturated rings. The van der Waals surface area contributed by atoms with Gasteiger partial charge in [-0.3, -0.25) is 4.79 Å². The number of nitriles is 1. The van der Waals surface area contributed by atoms with Gasteiger partial charge in [-0.2, -0.15) is 5.26 Å². The van der Waals surface area contributed by atoms with Gasteiger partial charge >= 0.3 is 6.36 Å². The first-order chi connectivity index (χ1) is 8.31. The van der Waals surface area contributed by atoms with E-state index in [1.165, 1.54) is 12.1 Å². The molecule has 0 unspecified atom stereocenters. The molecule has 0 aromatic heterocycles. The Balaban J connectivity index is 2.97. The zero-order valence-electron chi connectivity index (χ0n) is 8.71. The number of anilines is 1. The van der Waals surface area contributed by atoms with E-state index in [0.717, 1.165) is 6.07 Å². The van der Waals surface area contributed by atoms with E-state index < -0.39 is 24.4 Å². The quantitative estimate of drug-likeness (QED) is 0.929. The number of amides is 1. The van der Waals surface area contributed by atoms with Crippen molar-refractivity contribution in [2.75, 3.05) is 5.32 Å². The SMILES string of the molecule is N#CCC(=O)Nc1ccc(Br)cc1OC(F)(F)F. The summed E-state index contributed by atoms with van der Waals surface area (Å²) in [6, 6.07) is 5.32. The summed E-state index contributed by atoms with van der Waals surface area (Å²) in [5.41, 5.74) is -0.157. The zero-order chi connectivity index (χ0) is 13.8. The smallest absolute Gasteiger partial charge is 0.404 e. The highest BCUT2D eigenvalue weighted by Gasteiger charge is 2.32. The molecule has 1 amide bonds. The molecule has 0 saturated heterocycles. The maximum Gasteiger partial charge on any atom is 0.573 e. The summed E-state index contributed by atoms with van der Waals surface area (Å²) in [5.74, 6) is -1.27. The number of ether oxygens (including phenoxy) is 1. The van der Waals surface area contributed by atoms with Crippen molar-refractivity contribution in [1.82, 2.24) is 0 Å². The normalized spacial score (nSPS) is 10.6. The van der Waals surface area contributed by atoms with Crippen LogP contribution in [0.15, 0.2) is 22.7 Å². The largest absolute Gasteiger partial charge is 0.573 e. The minimum atomic E-state index is -4.87. The third-order valence-electron chi connectivity index (χ3n) is 1.68. The van der Waals surface area contributed by atoms with Gasteiger partial charge in [0.05, 0.1) is 11.8 Å². The Morgan fingerprint density at radius 2 is 2.17 bits per heavy atom. The second kappa shape index (κ2) is 5.73. The average Bonchev–Trinajstić information content (AvgIpc) is 2.20. The van der Waals surface area contributed by atoms with E-state index in [9.17, 15) is 18.0 Å². The molecule has 1 rings (SSSR count). The molecule has 0 heterocycles. The molecular formula is C10H6BrF3N2O2. The summed E-state index contributed by atoms with van der Waals surface area (Å²) >= 11 is 2.99. The molecule has 1 aromatic rings. The summed E-state index contributed by atoms with van der Waals surface area (Å²) in [7, 11) is 0. The molecule has 1 aromatic carbocycles. The lowest BCUT2D eigenvalue weighted by molar-refractivity contribution is -0.274. The summed E-state index contributed by atoms with van der Waals surface area (Å²) < 4.78 is 40.5. The number of hydrogen-bond donors (Lipinski definition) is 1. The Morgan fingerprint density at radius 3 is 2.72 bits per heavy atom. The van der Waals surface area contributed by atoms with Crippen LogP contribution in [0.4, 0.5) is 18.9 Å². The lowest BCUT2D eigenvalue weighted by Crippen LogP contribution is -2.19. The summed E-state index contributed by atoms with van der Waals surface area (Å²) in [6.07, 6.45) is -5.32. The van der Waals surface area contributed by atoms with Gasteiger partial charge < -0.3 is 10.1 Å². The molecule has 96 valence electrons. The van der Waals surface area contributed by atoms with E-state index in [1.54, 1.807) is 6.07 Å². The molecule has 1 N–H and O–H groups in total. The second-order valence-corrected chi connectivity index (χ2v) is 3.99. The maximum atomic E-state index is 12.1. The van der Waals surface area contributed by atoms with Crippen molar-refractivity contribution in [1.29, 1.82) is 5.26 Å². The third-order valence-corrected chi connectivity index (χ3v) is 2.18. The van der Waals surface area contributed by atoms with Crippen LogP contribution in [0.5, 0.6) is 5.75 Å². The number of benzene rings is 1. The first kappa shape index (κ1) is 14.3.